The lowest BCUT2D eigenvalue weighted by Gasteiger charge is -2.20. The Morgan fingerprint density at radius 2 is 2.06 bits per heavy atom. The Kier molecular flexibility index (Phi) is 3.52. The molecule has 1 atom stereocenters. The molecule has 1 saturated carbocycles. The van der Waals surface area contributed by atoms with Gasteiger partial charge in [0.1, 0.15) is 5.54 Å². The Balaban J connectivity index is 1.82. The van der Waals surface area contributed by atoms with Crippen molar-refractivity contribution in [2.45, 2.75) is 24.1 Å². The van der Waals surface area contributed by atoms with Crippen LogP contribution in [0, 0.1) is 17.2 Å². The molecule has 0 spiro atoms. The minimum absolute atomic E-state index is 0.431. The zero-order valence-corrected chi connectivity index (χ0v) is 10.0. The van der Waals surface area contributed by atoms with Gasteiger partial charge in [0, 0.05) is 11.5 Å². The van der Waals surface area contributed by atoms with Crippen molar-refractivity contribution in [3.63, 3.8) is 0 Å². The number of nitrogens with zero attached hydrogens (tertiary/aromatic N) is 1. The van der Waals surface area contributed by atoms with Crippen LogP contribution >= 0.6 is 11.8 Å². The number of thioether (sulfide) groups is 1. The largest absolute Gasteiger partial charge is 0.312 e. The highest BCUT2D eigenvalue weighted by molar-refractivity contribution is 7.98. The summed E-state index contributed by atoms with van der Waals surface area (Å²) in [6, 6.07) is 12.6. The van der Waals surface area contributed by atoms with Crippen LogP contribution in [0.5, 0.6) is 0 Å². The molecule has 2 rings (SSSR count). The normalized spacial score (nSPS) is 18.8. The standard InChI is InChI=1S/C13H16N2S/c14-9-13(15,12-6-7-12)10-16-8-11-4-2-1-3-5-11/h1-5,12H,6-8,10,15H2. The molecule has 0 aromatic heterocycles. The highest BCUT2D eigenvalue weighted by Gasteiger charge is 2.42. The molecule has 0 saturated heterocycles. The van der Waals surface area contributed by atoms with Gasteiger partial charge in [-0.2, -0.15) is 17.0 Å². The van der Waals surface area contributed by atoms with Gasteiger partial charge in [-0.25, -0.2) is 0 Å². The molecule has 0 radical (unpaired) electrons. The van der Waals surface area contributed by atoms with Crippen molar-refractivity contribution >= 4 is 11.8 Å². The maximum absolute atomic E-state index is 9.10. The molecule has 1 aliphatic rings. The fraction of sp³-hybridized carbons (Fsp3) is 0.462. The van der Waals surface area contributed by atoms with Crippen molar-refractivity contribution in [1.82, 2.24) is 0 Å². The highest BCUT2D eigenvalue weighted by Crippen LogP contribution is 2.39. The predicted molar refractivity (Wildman–Crippen MR) is 67.9 cm³/mol. The first-order valence-electron chi connectivity index (χ1n) is 5.56. The van der Waals surface area contributed by atoms with E-state index in [9.17, 15) is 0 Å². The molecule has 0 aliphatic heterocycles. The Bertz CT molecular complexity index is 381. The number of nitriles is 1. The molecular weight excluding hydrogens is 216 g/mol. The van der Waals surface area contributed by atoms with Crippen LogP contribution < -0.4 is 5.73 Å². The predicted octanol–water partition coefficient (Wildman–Crippen LogP) is 2.55. The van der Waals surface area contributed by atoms with E-state index in [1.54, 1.807) is 11.8 Å². The molecule has 1 fully saturated rings. The van der Waals surface area contributed by atoms with E-state index in [0.717, 1.165) is 24.3 Å². The Labute approximate surface area is 101 Å². The molecule has 3 heteroatoms. The average molecular weight is 232 g/mol. The molecule has 1 aliphatic carbocycles. The van der Waals surface area contributed by atoms with E-state index in [1.807, 2.05) is 18.2 Å². The van der Waals surface area contributed by atoms with E-state index in [4.69, 9.17) is 11.0 Å². The molecule has 0 amide bonds. The molecule has 0 heterocycles. The number of rotatable bonds is 5. The molecule has 2 nitrogen and oxygen atoms in total. The van der Waals surface area contributed by atoms with Gasteiger partial charge >= 0.3 is 0 Å². The molecule has 2 N–H and O–H groups in total. The SMILES string of the molecule is N#CC(N)(CSCc1ccccc1)C1CC1. The van der Waals surface area contributed by atoms with Gasteiger partial charge in [0.2, 0.25) is 0 Å². The van der Waals surface area contributed by atoms with E-state index < -0.39 is 5.54 Å². The van der Waals surface area contributed by atoms with Gasteiger partial charge in [-0.05, 0) is 24.3 Å². The van der Waals surface area contributed by atoms with Crippen molar-refractivity contribution < 1.29 is 0 Å². The summed E-state index contributed by atoms with van der Waals surface area (Å²) in [5.74, 6) is 2.11. The van der Waals surface area contributed by atoms with Gasteiger partial charge in [0.25, 0.3) is 0 Å². The summed E-state index contributed by atoms with van der Waals surface area (Å²) in [6.45, 7) is 0. The van der Waals surface area contributed by atoms with Gasteiger partial charge in [0.15, 0.2) is 0 Å². The van der Waals surface area contributed by atoms with Crippen molar-refractivity contribution in [3.8, 4) is 6.07 Å². The first-order valence-corrected chi connectivity index (χ1v) is 6.72. The lowest BCUT2D eigenvalue weighted by molar-refractivity contribution is 0.532. The third kappa shape index (κ3) is 2.78. The van der Waals surface area contributed by atoms with E-state index >= 15 is 0 Å². The number of hydrogen-bond donors (Lipinski definition) is 1. The quantitative estimate of drug-likeness (QED) is 0.848. The fourth-order valence-corrected chi connectivity index (χ4v) is 2.92. The van der Waals surface area contributed by atoms with Gasteiger partial charge in [0.05, 0.1) is 6.07 Å². The zero-order chi connectivity index (χ0) is 11.4. The molecule has 84 valence electrons. The number of nitrogens with two attached hydrogens (primary N) is 1. The summed E-state index contributed by atoms with van der Waals surface area (Å²) in [5.41, 5.74) is 6.78. The van der Waals surface area contributed by atoms with Crippen LogP contribution in [0.2, 0.25) is 0 Å². The third-order valence-electron chi connectivity index (χ3n) is 2.97. The van der Waals surface area contributed by atoms with Gasteiger partial charge in [-0.3, -0.25) is 0 Å². The smallest absolute Gasteiger partial charge is 0.116 e. The van der Waals surface area contributed by atoms with Crippen LogP contribution in [-0.4, -0.2) is 11.3 Å². The number of benzene rings is 1. The van der Waals surface area contributed by atoms with Crippen LogP contribution in [0.4, 0.5) is 0 Å². The van der Waals surface area contributed by atoms with E-state index in [0.29, 0.717) is 5.92 Å². The van der Waals surface area contributed by atoms with Crippen LogP contribution in [0.1, 0.15) is 18.4 Å². The van der Waals surface area contributed by atoms with Crippen LogP contribution in [0.15, 0.2) is 30.3 Å². The molecule has 16 heavy (non-hydrogen) atoms. The highest BCUT2D eigenvalue weighted by atomic mass is 32.2. The van der Waals surface area contributed by atoms with Crippen LogP contribution in [-0.2, 0) is 5.75 Å². The van der Waals surface area contributed by atoms with Gasteiger partial charge in [-0.1, -0.05) is 30.3 Å². The van der Waals surface area contributed by atoms with Gasteiger partial charge in [-0.15, -0.1) is 0 Å². The summed E-state index contributed by atoms with van der Waals surface area (Å²) >= 11 is 1.76. The average Bonchev–Trinajstić information content (AvgIpc) is 3.14. The van der Waals surface area contributed by atoms with Crippen molar-refractivity contribution in [2.75, 3.05) is 5.75 Å². The molecule has 1 aromatic carbocycles. The Morgan fingerprint density at radius 1 is 1.38 bits per heavy atom. The van der Waals surface area contributed by atoms with Crippen molar-refractivity contribution in [2.24, 2.45) is 11.7 Å². The minimum atomic E-state index is -0.598. The first-order chi connectivity index (χ1) is 7.74. The second-order valence-electron chi connectivity index (χ2n) is 4.40. The minimum Gasteiger partial charge on any atom is -0.312 e. The Hall–Kier alpha value is -0.980. The Morgan fingerprint density at radius 3 is 2.62 bits per heavy atom. The lowest BCUT2D eigenvalue weighted by atomic mass is 10.00. The first kappa shape index (κ1) is 11.5. The van der Waals surface area contributed by atoms with Crippen LogP contribution in [0.25, 0.3) is 0 Å². The molecule has 1 aromatic rings. The molecule has 1 unspecified atom stereocenters. The summed E-state index contributed by atoms with van der Waals surface area (Å²) in [7, 11) is 0. The van der Waals surface area contributed by atoms with Crippen molar-refractivity contribution in [1.29, 1.82) is 5.26 Å². The zero-order valence-electron chi connectivity index (χ0n) is 9.23. The second kappa shape index (κ2) is 4.90. The third-order valence-corrected chi connectivity index (χ3v) is 4.19. The van der Waals surface area contributed by atoms with E-state index in [2.05, 4.69) is 18.2 Å². The molecule has 0 bridgehead atoms. The summed E-state index contributed by atoms with van der Waals surface area (Å²) in [5, 5.41) is 9.10. The number of hydrogen-bond acceptors (Lipinski definition) is 3. The summed E-state index contributed by atoms with van der Waals surface area (Å²) in [4.78, 5) is 0. The van der Waals surface area contributed by atoms with E-state index in [-0.39, 0.29) is 0 Å². The summed E-state index contributed by atoms with van der Waals surface area (Å²) in [6.07, 6.45) is 2.24. The molecular formula is C13H16N2S. The maximum Gasteiger partial charge on any atom is 0.116 e. The topological polar surface area (TPSA) is 49.8 Å². The van der Waals surface area contributed by atoms with E-state index in [1.165, 1.54) is 5.56 Å². The van der Waals surface area contributed by atoms with Gasteiger partial charge < -0.3 is 5.73 Å². The fourth-order valence-electron chi connectivity index (χ4n) is 1.75. The summed E-state index contributed by atoms with van der Waals surface area (Å²) < 4.78 is 0. The second-order valence-corrected chi connectivity index (χ2v) is 5.39. The van der Waals surface area contributed by atoms with Crippen molar-refractivity contribution in [3.05, 3.63) is 35.9 Å². The lowest BCUT2D eigenvalue weighted by Crippen LogP contribution is -2.43. The monoisotopic (exact) mass is 232 g/mol. The van der Waals surface area contributed by atoms with Crippen LogP contribution in [0.3, 0.4) is 0 Å². The maximum atomic E-state index is 9.10.